The fourth-order valence-electron chi connectivity index (χ4n) is 3.32. The molecule has 0 radical (unpaired) electrons. The molecule has 1 aliphatic heterocycles. The van der Waals surface area contributed by atoms with Gasteiger partial charge in [-0.15, -0.1) is 24.0 Å². The van der Waals surface area contributed by atoms with Gasteiger partial charge in [0.25, 0.3) is 0 Å². The van der Waals surface area contributed by atoms with Crippen LogP contribution in [0.25, 0.3) is 0 Å². The molecule has 1 aromatic heterocycles. The smallest absolute Gasteiger partial charge is 0.194 e. The van der Waals surface area contributed by atoms with Crippen LogP contribution in [-0.2, 0) is 6.54 Å². The van der Waals surface area contributed by atoms with E-state index in [1.807, 2.05) is 35.8 Å². The van der Waals surface area contributed by atoms with Gasteiger partial charge in [-0.1, -0.05) is 0 Å². The van der Waals surface area contributed by atoms with Crippen LogP contribution in [0.4, 0.5) is 14.5 Å². The average molecular weight is 518 g/mol. The summed E-state index contributed by atoms with van der Waals surface area (Å²) in [5.41, 5.74) is 1.49. The molecule has 9 heteroatoms. The predicted molar refractivity (Wildman–Crippen MR) is 123 cm³/mol. The van der Waals surface area contributed by atoms with Gasteiger partial charge in [-0.25, -0.2) is 8.78 Å². The molecule has 1 N–H and O–H groups in total. The number of piperazine rings is 1. The van der Waals surface area contributed by atoms with Crippen molar-refractivity contribution in [2.75, 3.05) is 44.2 Å². The molecule has 2 aromatic rings. The summed E-state index contributed by atoms with van der Waals surface area (Å²) in [5.74, 6) is 0.0731. The minimum absolute atomic E-state index is 0. The average Bonchev–Trinajstić information content (AvgIpc) is 3.11. The Morgan fingerprint density at radius 3 is 2.62 bits per heavy atom. The Morgan fingerprint density at radius 1 is 1.21 bits per heavy atom. The van der Waals surface area contributed by atoms with Crippen molar-refractivity contribution in [2.45, 2.75) is 26.8 Å². The first-order valence-electron chi connectivity index (χ1n) is 9.79. The van der Waals surface area contributed by atoms with Crippen LogP contribution >= 0.6 is 24.0 Å². The SMILES string of the molecule is CCNC(=NCCCn1cc(C)cn1)N1CCN(c2cc(F)ccc2F)CC1.I. The standard InChI is InChI=1S/C20H28F2N6.HI/c1-3-23-20(24-7-4-8-28-15-16(2)14-25-28)27-11-9-26(10-12-27)19-13-17(21)5-6-18(19)22;/h5-6,13-15H,3-4,7-12H2,1-2H3,(H,23,24);1H. The molecule has 0 unspecified atom stereocenters. The highest BCUT2D eigenvalue weighted by Gasteiger charge is 2.22. The van der Waals surface area contributed by atoms with Crippen molar-refractivity contribution in [3.63, 3.8) is 0 Å². The Balaban J connectivity index is 0.00000300. The van der Waals surface area contributed by atoms with Crippen LogP contribution in [0.15, 0.2) is 35.6 Å². The lowest BCUT2D eigenvalue weighted by molar-refractivity contribution is 0.370. The fourth-order valence-corrected chi connectivity index (χ4v) is 3.32. The molecular weight excluding hydrogens is 489 g/mol. The topological polar surface area (TPSA) is 48.7 Å². The monoisotopic (exact) mass is 518 g/mol. The molecule has 29 heavy (non-hydrogen) atoms. The maximum Gasteiger partial charge on any atom is 0.194 e. The molecule has 1 fully saturated rings. The molecule has 3 rings (SSSR count). The predicted octanol–water partition coefficient (Wildman–Crippen LogP) is 3.27. The molecule has 0 saturated carbocycles. The number of halogens is 3. The first-order valence-corrected chi connectivity index (χ1v) is 9.79. The van der Waals surface area contributed by atoms with Crippen molar-refractivity contribution < 1.29 is 8.78 Å². The Kier molecular flexibility index (Phi) is 9.12. The van der Waals surface area contributed by atoms with E-state index in [9.17, 15) is 8.78 Å². The number of aryl methyl sites for hydroxylation is 2. The van der Waals surface area contributed by atoms with Gasteiger partial charge in [0.05, 0.1) is 11.9 Å². The highest BCUT2D eigenvalue weighted by molar-refractivity contribution is 14.0. The van der Waals surface area contributed by atoms with Crippen LogP contribution in [0.3, 0.4) is 0 Å². The lowest BCUT2D eigenvalue weighted by Crippen LogP contribution is -2.52. The highest BCUT2D eigenvalue weighted by atomic mass is 127. The third-order valence-corrected chi connectivity index (χ3v) is 4.73. The number of hydrogen-bond acceptors (Lipinski definition) is 3. The number of guanidine groups is 1. The third kappa shape index (κ3) is 6.55. The van der Waals surface area contributed by atoms with E-state index >= 15 is 0 Å². The molecule has 1 aliphatic rings. The second kappa shape index (κ2) is 11.3. The molecule has 1 aromatic carbocycles. The molecule has 0 bridgehead atoms. The van der Waals surface area contributed by atoms with Gasteiger partial charge in [0.2, 0.25) is 0 Å². The quantitative estimate of drug-likeness (QED) is 0.276. The first kappa shape index (κ1) is 23.4. The van der Waals surface area contributed by atoms with E-state index in [0.29, 0.717) is 38.4 Å². The van der Waals surface area contributed by atoms with Crippen LogP contribution in [0.1, 0.15) is 18.9 Å². The second-order valence-corrected chi connectivity index (χ2v) is 6.94. The number of hydrogen-bond donors (Lipinski definition) is 1. The molecule has 0 atom stereocenters. The lowest BCUT2D eigenvalue weighted by Gasteiger charge is -2.37. The Morgan fingerprint density at radius 2 is 1.97 bits per heavy atom. The Hall–Kier alpha value is -1.91. The third-order valence-electron chi connectivity index (χ3n) is 4.73. The van der Waals surface area contributed by atoms with Gasteiger partial charge in [0, 0.05) is 58.1 Å². The number of nitrogens with zero attached hydrogens (tertiary/aromatic N) is 5. The van der Waals surface area contributed by atoms with Crippen molar-refractivity contribution in [1.82, 2.24) is 20.0 Å². The molecule has 2 heterocycles. The van der Waals surface area contributed by atoms with Crippen LogP contribution in [0.5, 0.6) is 0 Å². The molecule has 6 nitrogen and oxygen atoms in total. The summed E-state index contributed by atoms with van der Waals surface area (Å²) in [6.45, 7) is 9.06. The summed E-state index contributed by atoms with van der Waals surface area (Å²) in [7, 11) is 0. The van der Waals surface area contributed by atoms with E-state index in [4.69, 9.17) is 4.99 Å². The van der Waals surface area contributed by atoms with Crippen molar-refractivity contribution in [3.8, 4) is 0 Å². The summed E-state index contributed by atoms with van der Waals surface area (Å²) in [6, 6.07) is 3.60. The van der Waals surface area contributed by atoms with Crippen molar-refractivity contribution >= 4 is 35.6 Å². The lowest BCUT2D eigenvalue weighted by atomic mass is 10.2. The number of anilines is 1. The molecular formula is C20H29F2IN6. The van der Waals surface area contributed by atoms with Gasteiger partial charge in [-0.3, -0.25) is 9.67 Å². The normalized spacial score (nSPS) is 14.7. The Labute approximate surface area is 188 Å². The summed E-state index contributed by atoms with van der Waals surface area (Å²) >= 11 is 0. The van der Waals surface area contributed by atoms with Crippen LogP contribution < -0.4 is 10.2 Å². The maximum atomic E-state index is 14.0. The number of benzene rings is 1. The van der Waals surface area contributed by atoms with E-state index in [0.717, 1.165) is 37.1 Å². The van der Waals surface area contributed by atoms with E-state index in [-0.39, 0.29) is 29.8 Å². The minimum atomic E-state index is -0.416. The van der Waals surface area contributed by atoms with E-state index < -0.39 is 5.82 Å². The van der Waals surface area contributed by atoms with E-state index in [1.165, 1.54) is 12.1 Å². The molecule has 1 saturated heterocycles. The van der Waals surface area contributed by atoms with Crippen LogP contribution in [0.2, 0.25) is 0 Å². The number of aromatic nitrogens is 2. The zero-order valence-corrected chi connectivity index (χ0v) is 19.3. The van der Waals surface area contributed by atoms with Crippen LogP contribution in [0, 0.1) is 18.6 Å². The van der Waals surface area contributed by atoms with E-state index in [2.05, 4.69) is 15.3 Å². The molecule has 160 valence electrons. The molecule has 0 aliphatic carbocycles. The van der Waals surface area contributed by atoms with Gasteiger partial charge in [-0.2, -0.15) is 5.10 Å². The van der Waals surface area contributed by atoms with Gasteiger partial charge in [-0.05, 0) is 38.0 Å². The van der Waals surface area contributed by atoms with Gasteiger partial charge in [0.15, 0.2) is 5.96 Å². The van der Waals surface area contributed by atoms with Crippen molar-refractivity contribution in [2.24, 2.45) is 4.99 Å². The first-order chi connectivity index (χ1) is 13.6. The van der Waals surface area contributed by atoms with Crippen molar-refractivity contribution in [3.05, 3.63) is 47.8 Å². The molecule has 0 spiro atoms. The minimum Gasteiger partial charge on any atom is -0.366 e. The Bertz CT molecular complexity index is 802. The molecule has 0 amide bonds. The number of rotatable bonds is 6. The van der Waals surface area contributed by atoms with Gasteiger partial charge in [0.1, 0.15) is 11.6 Å². The number of aliphatic imine (C=N–C) groups is 1. The largest absolute Gasteiger partial charge is 0.366 e. The highest BCUT2D eigenvalue weighted by Crippen LogP contribution is 2.21. The zero-order chi connectivity index (χ0) is 19.9. The zero-order valence-electron chi connectivity index (χ0n) is 16.9. The summed E-state index contributed by atoms with van der Waals surface area (Å²) < 4.78 is 29.4. The van der Waals surface area contributed by atoms with Gasteiger partial charge >= 0.3 is 0 Å². The summed E-state index contributed by atoms with van der Waals surface area (Å²) in [4.78, 5) is 8.79. The van der Waals surface area contributed by atoms with E-state index in [1.54, 1.807) is 0 Å². The number of nitrogens with one attached hydrogen (secondary N) is 1. The van der Waals surface area contributed by atoms with Crippen molar-refractivity contribution in [1.29, 1.82) is 0 Å². The fraction of sp³-hybridized carbons (Fsp3) is 0.500. The summed E-state index contributed by atoms with van der Waals surface area (Å²) in [5, 5.41) is 7.62. The summed E-state index contributed by atoms with van der Waals surface area (Å²) in [6.07, 6.45) is 4.79. The van der Waals surface area contributed by atoms with Crippen LogP contribution in [-0.4, -0.2) is 59.9 Å². The van der Waals surface area contributed by atoms with Gasteiger partial charge < -0.3 is 15.1 Å². The maximum absolute atomic E-state index is 14.0. The second-order valence-electron chi connectivity index (χ2n) is 6.94.